The summed E-state index contributed by atoms with van der Waals surface area (Å²) < 4.78 is 6.28. The molecule has 0 amide bonds. The van der Waals surface area contributed by atoms with Crippen molar-refractivity contribution in [2.45, 2.75) is 6.92 Å². The lowest BCUT2D eigenvalue weighted by Gasteiger charge is -2.06. The molecule has 0 atom stereocenters. The van der Waals surface area contributed by atoms with Gasteiger partial charge in [-0.2, -0.15) is 0 Å². The van der Waals surface area contributed by atoms with E-state index in [-0.39, 0.29) is 0 Å². The number of hydrogen-bond donors (Lipinski definition) is 2. The Morgan fingerprint density at radius 3 is 2.93 bits per heavy atom. The highest BCUT2D eigenvalue weighted by molar-refractivity contribution is 7.18. The largest absolute Gasteiger partial charge is 0.494 e. The van der Waals surface area contributed by atoms with Crippen LogP contribution < -0.4 is 16.0 Å². The van der Waals surface area contributed by atoms with Crippen molar-refractivity contribution in [2.24, 2.45) is 5.84 Å². The molecule has 1 aromatic heterocycles. The van der Waals surface area contributed by atoms with Crippen LogP contribution in [0.3, 0.4) is 0 Å². The van der Waals surface area contributed by atoms with Crippen LogP contribution in [0, 0.1) is 6.92 Å². The Bertz CT molecular complexity index is 425. The molecule has 2 rings (SSSR count). The quantitative estimate of drug-likeness (QED) is 0.586. The van der Waals surface area contributed by atoms with Crippen LogP contribution in [0.5, 0.6) is 5.75 Å². The van der Waals surface area contributed by atoms with E-state index in [0.717, 1.165) is 20.9 Å². The summed E-state index contributed by atoms with van der Waals surface area (Å²) in [5.74, 6) is 6.09. The number of anilines is 1. The van der Waals surface area contributed by atoms with Gasteiger partial charge in [-0.05, 0) is 13.0 Å². The number of aromatic nitrogens is 1. The van der Waals surface area contributed by atoms with E-state index < -0.39 is 0 Å². The number of ether oxygens (including phenoxy) is 1. The number of nitrogens with two attached hydrogens (primary N) is 1. The lowest BCUT2D eigenvalue weighted by atomic mass is 10.3. The Kier molecular flexibility index (Phi) is 2.26. The van der Waals surface area contributed by atoms with Crippen LogP contribution in [0.1, 0.15) is 5.01 Å². The molecule has 0 aliphatic rings. The molecule has 14 heavy (non-hydrogen) atoms. The van der Waals surface area contributed by atoms with Gasteiger partial charge in [0.15, 0.2) is 0 Å². The molecular weight excluding hydrogens is 198 g/mol. The van der Waals surface area contributed by atoms with E-state index in [1.807, 2.05) is 19.1 Å². The van der Waals surface area contributed by atoms with Crippen molar-refractivity contribution in [3.8, 4) is 5.75 Å². The monoisotopic (exact) mass is 209 g/mol. The normalized spacial score (nSPS) is 10.5. The van der Waals surface area contributed by atoms with E-state index in [9.17, 15) is 0 Å². The van der Waals surface area contributed by atoms with Gasteiger partial charge in [0, 0.05) is 6.07 Å². The van der Waals surface area contributed by atoms with E-state index in [1.54, 1.807) is 18.4 Å². The van der Waals surface area contributed by atoms with Crippen molar-refractivity contribution in [1.82, 2.24) is 4.98 Å². The van der Waals surface area contributed by atoms with Gasteiger partial charge in [0.05, 0.1) is 28.0 Å². The predicted octanol–water partition coefficient (Wildman–Crippen LogP) is 1.90. The Labute approximate surface area is 85.7 Å². The lowest BCUT2D eigenvalue weighted by Crippen LogP contribution is -2.07. The van der Waals surface area contributed by atoms with Gasteiger partial charge in [-0.15, -0.1) is 11.3 Å². The van der Waals surface area contributed by atoms with Crippen molar-refractivity contribution >= 4 is 27.2 Å². The summed E-state index contributed by atoms with van der Waals surface area (Å²) in [4.78, 5) is 4.37. The first-order valence-electron chi connectivity index (χ1n) is 4.16. The zero-order valence-corrected chi connectivity index (χ0v) is 8.81. The van der Waals surface area contributed by atoms with Gasteiger partial charge >= 0.3 is 0 Å². The van der Waals surface area contributed by atoms with Gasteiger partial charge in [0.25, 0.3) is 0 Å². The Balaban J connectivity index is 2.68. The number of methoxy groups -OCH3 is 1. The SMILES string of the molecule is COc1cc2nc(C)sc2cc1NN. The molecule has 1 aromatic carbocycles. The smallest absolute Gasteiger partial charge is 0.145 e. The molecular formula is C9H11N3OS. The number of hydrogen-bond acceptors (Lipinski definition) is 5. The number of nitrogen functional groups attached to an aromatic ring is 1. The molecule has 2 aromatic rings. The predicted molar refractivity (Wildman–Crippen MR) is 58.7 cm³/mol. The zero-order valence-electron chi connectivity index (χ0n) is 8.00. The molecule has 0 aliphatic heterocycles. The maximum atomic E-state index is 5.38. The molecule has 0 spiro atoms. The molecule has 0 unspecified atom stereocenters. The van der Waals surface area contributed by atoms with Crippen LogP contribution in [-0.4, -0.2) is 12.1 Å². The van der Waals surface area contributed by atoms with E-state index in [0.29, 0.717) is 5.75 Å². The minimum absolute atomic E-state index is 0.713. The average Bonchev–Trinajstić information content (AvgIpc) is 2.54. The lowest BCUT2D eigenvalue weighted by molar-refractivity contribution is 0.417. The molecule has 4 nitrogen and oxygen atoms in total. The second kappa shape index (κ2) is 3.43. The van der Waals surface area contributed by atoms with Crippen molar-refractivity contribution in [1.29, 1.82) is 0 Å². The fraction of sp³-hybridized carbons (Fsp3) is 0.222. The third-order valence-corrected chi connectivity index (χ3v) is 2.91. The highest BCUT2D eigenvalue weighted by atomic mass is 32.1. The summed E-state index contributed by atoms with van der Waals surface area (Å²) in [6.07, 6.45) is 0. The third-order valence-electron chi connectivity index (χ3n) is 1.97. The first kappa shape index (κ1) is 9.23. The maximum absolute atomic E-state index is 5.38. The van der Waals surface area contributed by atoms with Crippen molar-refractivity contribution in [2.75, 3.05) is 12.5 Å². The number of fused-ring (bicyclic) bond motifs is 1. The summed E-state index contributed by atoms with van der Waals surface area (Å²) in [6, 6.07) is 3.83. The Morgan fingerprint density at radius 2 is 2.29 bits per heavy atom. The summed E-state index contributed by atoms with van der Waals surface area (Å²) in [5.41, 5.74) is 4.33. The van der Waals surface area contributed by atoms with Gasteiger partial charge in [-0.3, -0.25) is 5.84 Å². The summed E-state index contributed by atoms with van der Waals surface area (Å²) in [6.45, 7) is 1.98. The fourth-order valence-corrected chi connectivity index (χ4v) is 2.20. The van der Waals surface area contributed by atoms with Crippen LogP contribution in [0.15, 0.2) is 12.1 Å². The van der Waals surface area contributed by atoms with Crippen molar-refractivity contribution < 1.29 is 4.74 Å². The number of nitrogens with one attached hydrogen (secondary N) is 1. The second-order valence-corrected chi connectivity index (χ2v) is 4.13. The van der Waals surface area contributed by atoms with Crippen LogP contribution in [-0.2, 0) is 0 Å². The van der Waals surface area contributed by atoms with Crippen LogP contribution in [0.25, 0.3) is 10.2 Å². The first-order chi connectivity index (χ1) is 6.74. The highest BCUT2D eigenvalue weighted by Crippen LogP contribution is 2.32. The number of thiazole rings is 1. The summed E-state index contributed by atoms with van der Waals surface area (Å²) in [7, 11) is 1.61. The molecule has 0 bridgehead atoms. The molecule has 0 radical (unpaired) electrons. The Hall–Kier alpha value is -1.33. The average molecular weight is 209 g/mol. The molecule has 5 heteroatoms. The van der Waals surface area contributed by atoms with Gasteiger partial charge in [0.2, 0.25) is 0 Å². The van der Waals surface area contributed by atoms with Crippen molar-refractivity contribution in [3.63, 3.8) is 0 Å². The zero-order chi connectivity index (χ0) is 10.1. The number of hydrazine groups is 1. The first-order valence-corrected chi connectivity index (χ1v) is 4.98. The molecule has 1 heterocycles. The number of nitrogens with zero attached hydrogens (tertiary/aromatic N) is 1. The van der Waals surface area contributed by atoms with Gasteiger partial charge in [0.1, 0.15) is 5.75 Å². The molecule has 0 aliphatic carbocycles. The van der Waals surface area contributed by atoms with Gasteiger partial charge in [-0.25, -0.2) is 4.98 Å². The standard InChI is InChI=1S/C9H11N3OS/c1-5-11-7-3-8(13-2)6(12-10)4-9(7)14-5/h3-4,12H,10H2,1-2H3. The second-order valence-electron chi connectivity index (χ2n) is 2.90. The van der Waals surface area contributed by atoms with E-state index in [4.69, 9.17) is 10.6 Å². The van der Waals surface area contributed by atoms with E-state index in [2.05, 4.69) is 10.4 Å². The minimum Gasteiger partial charge on any atom is -0.494 e. The number of aryl methyl sites for hydroxylation is 1. The molecule has 74 valence electrons. The molecule has 3 N–H and O–H groups in total. The van der Waals surface area contributed by atoms with Gasteiger partial charge in [-0.1, -0.05) is 0 Å². The topological polar surface area (TPSA) is 60.2 Å². The van der Waals surface area contributed by atoms with E-state index in [1.165, 1.54) is 0 Å². The summed E-state index contributed by atoms with van der Waals surface area (Å²) in [5, 5.41) is 1.04. The van der Waals surface area contributed by atoms with Crippen molar-refractivity contribution in [3.05, 3.63) is 17.1 Å². The number of benzene rings is 1. The third kappa shape index (κ3) is 1.40. The van der Waals surface area contributed by atoms with Crippen LogP contribution in [0.4, 0.5) is 5.69 Å². The molecule has 0 saturated carbocycles. The van der Waals surface area contributed by atoms with Gasteiger partial charge < -0.3 is 10.2 Å². The van der Waals surface area contributed by atoms with Crippen LogP contribution in [0.2, 0.25) is 0 Å². The molecule has 0 saturated heterocycles. The Morgan fingerprint density at radius 1 is 1.50 bits per heavy atom. The molecule has 0 fully saturated rings. The summed E-state index contributed by atoms with van der Waals surface area (Å²) >= 11 is 1.64. The maximum Gasteiger partial charge on any atom is 0.145 e. The van der Waals surface area contributed by atoms with E-state index >= 15 is 0 Å². The minimum atomic E-state index is 0.713. The highest BCUT2D eigenvalue weighted by Gasteiger charge is 2.07. The number of rotatable bonds is 2. The van der Waals surface area contributed by atoms with Crippen LogP contribution >= 0.6 is 11.3 Å². The fourth-order valence-electron chi connectivity index (χ4n) is 1.35.